The fourth-order valence-corrected chi connectivity index (χ4v) is 3.15. The maximum atomic E-state index is 12.4. The predicted molar refractivity (Wildman–Crippen MR) is 98.1 cm³/mol. The van der Waals surface area contributed by atoms with Gasteiger partial charge in [0.1, 0.15) is 12.3 Å². The topological polar surface area (TPSA) is 73.2 Å². The smallest absolute Gasteiger partial charge is 0.261 e. The molecule has 0 bridgehead atoms. The van der Waals surface area contributed by atoms with E-state index in [1.807, 2.05) is 18.2 Å². The largest absolute Gasteiger partial charge is 0.493 e. The third-order valence-electron chi connectivity index (χ3n) is 4.51. The molecule has 0 spiro atoms. The zero-order valence-electron chi connectivity index (χ0n) is 14.3. The molecule has 6 heteroatoms. The summed E-state index contributed by atoms with van der Waals surface area (Å²) in [6.45, 7) is 1.13. The quantitative estimate of drug-likeness (QED) is 0.782. The van der Waals surface area contributed by atoms with Gasteiger partial charge in [0.15, 0.2) is 0 Å². The standard InChI is InChI=1S/C20H19N3O3/c24-19(12-23-13-22-17-6-2-1-5-16(17)20(23)25)21-11-14-7-8-18-15(10-14)4-3-9-26-18/h1-2,5-8,10,13H,3-4,9,11-12H2,(H,21,24). The van der Waals surface area contributed by atoms with Crippen molar-refractivity contribution in [3.63, 3.8) is 0 Å². The molecule has 1 amide bonds. The minimum Gasteiger partial charge on any atom is -0.493 e. The lowest BCUT2D eigenvalue weighted by atomic mass is 10.0. The molecule has 3 aromatic rings. The van der Waals surface area contributed by atoms with Gasteiger partial charge in [0.2, 0.25) is 5.91 Å². The molecule has 132 valence electrons. The molecule has 2 aromatic carbocycles. The summed E-state index contributed by atoms with van der Waals surface area (Å²) in [6.07, 6.45) is 3.43. The van der Waals surface area contributed by atoms with E-state index in [-0.39, 0.29) is 18.0 Å². The molecule has 0 unspecified atom stereocenters. The van der Waals surface area contributed by atoms with Crippen molar-refractivity contribution in [2.45, 2.75) is 25.9 Å². The molecule has 0 fully saturated rings. The van der Waals surface area contributed by atoms with Crippen molar-refractivity contribution in [1.82, 2.24) is 14.9 Å². The van der Waals surface area contributed by atoms with Crippen LogP contribution in [0.25, 0.3) is 10.9 Å². The molecule has 4 rings (SSSR count). The number of carbonyl (C=O) groups is 1. The Morgan fingerprint density at radius 1 is 1.23 bits per heavy atom. The number of aryl methyl sites for hydroxylation is 1. The lowest BCUT2D eigenvalue weighted by Crippen LogP contribution is -2.32. The highest BCUT2D eigenvalue weighted by atomic mass is 16.5. The van der Waals surface area contributed by atoms with E-state index in [0.29, 0.717) is 17.4 Å². The maximum absolute atomic E-state index is 12.4. The van der Waals surface area contributed by atoms with Gasteiger partial charge in [-0.05, 0) is 42.2 Å². The van der Waals surface area contributed by atoms with Crippen molar-refractivity contribution in [3.8, 4) is 5.75 Å². The first-order chi connectivity index (χ1) is 12.7. The second-order valence-electron chi connectivity index (χ2n) is 6.37. The van der Waals surface area contributed by atoms with Crippen LogP contribution in [-0.4, -0.2) is 22.1 Å². The fourth-order valence-electron chi connectivity index (χ4n) is 3.15. The van der Waals surface area contributed by atoms with E-state index < -0.39 is 0 Å². The van der Waals surface area contributed by atoms with E-state index in [1.165, 1.54) is 16.5 Å². The van der Waals surface area contributed by atoms with Crippen LogP contribution in [0, 0.1) is 0 Å². The molecule has 0 radical (unpaired) electrons. The lowest BCUT2D eigenvalue weighted by Gasteiger charge is -2.18. The van der Waals surface area contributed by atoms with Crippen LogP contribution < -0.4 is 15.6 Å². The minimum absolute atomic E-state index is 0.0509. The van der Waals surface area contributed by atoms with Crippen LogP contribution in [0.1, 0.15) is 17.5 Å². The van der Waals surface area contributed by atoms with E-state index in [1.54, 1.807) is 18.2 Å². The summed E-state index contributed by atoms with van der Waals surface area (Å²) in [5, 5.41) is 3.37. The van der Waals surface area contributed by atoms with Gasteiger partial charge in [-0.1, -0.05) is 24.3 Å². The van der Waals surface area contributed by atoms with Crippen molar-refractivity contribution >= 4 is 16.8 Å². The molecule has 2 heterocycles. The predicted octanol–water partition coefficient (Wildman–Crippen LogP) is 2.04. The summed E-state index contributed by atoms with van der Waals surface area (Å²) >= 11 is 0. The van der Waals surface area contributed by atoms with Gasteiger partial charge in [-0.15, -0.1) is 0 Å². The van der Waals surface area contributed by atoms with Crippen LogP contribution in [0.2, 0.25) is 0 Å². The Hall–Kier alpha value is -3.15. The number of hydrogen-bond donors (Lipinski definition) is 1. The Bertz CT molecular complexity index is 1030. The number of hydrogen-bond acceptors (Lipinski definition) is 4. The highest BCUT2D eigenvalue weighted by molar-refractivity contribution is 5.78. The zero-order valence-corrected chi connectivity index (χ0v) is 14.3. The Morgan fingerprint density at radius 2 is 2.12 bits per heavy atom. The molecule has 0 atom stereocenters. The van der Waals surface area contributed by atoms with Gasteiger partial charge in [-0.2, -0.15) is 0 Å². The van der Waals surface area contributed by atoms with E-state index in [9.17, 15) is 9.59 Å². The molecule has 6 nitrogen and oxygen atoms in total. The molecular formula is C20H19N3O3. The van der Waals surface area contributed by atoms with Crippen LogP contribution in [0.5, 0.6) is 5.75 Å². The summed E-state index contributed by atoms with van der Waals surface area (Å²) in [7, 11) is 0. The second-order valence-corrected chi connectivity index (χ2v) is 6.37. The van der Waals surface area contributed by atoms with E-state index >= 15 is 0 Å². The molecule has 1 aromatic heterocycles. The van der Waals surface area contributed by atoms with Crippen molar-refractivity contribution < 1.29 is 9.53 Å². The van der Waals surface area contributed by atoms with Crippen molar-refractivity contribution in [2.75, 3.05) is 6.61 Å². The number of carbonyl (C=O) groups excluding carboxylic acids is 1. The molecule has 1 aliphatic heterocycles. The van der Waals surface area contributed by atoms with Gasteiger partial charge in [0.05, 0.1) is 23.8 Å². The Kier molecular flexibility index (Phi) is 4.39. The fraction of sp³-hybridized carbons (Fsp3) is 0.250. The average Bonchev–Trinajstić information content (AvgIpc) is 2.68. The number of rotatable bonds is 4. The third-order valence-corrected chi connectivity index (χ3v) is 4.51. The van der Waals surface area contributed by atoms with Crippen LogP contribution in [0.15, 0.2) is 53.6 Å². The van der Waals surface area contributed by atoms with E-state index in [2.05, 4.69) is 16.4 Å². The second kappa shape index (κ2) is 7.00. The van der Waals surface area contributed by atoms with Gasteiger partial charge in [-0.3, -0.25) is 14.2 Å². The Morgan fingerprint density at radius 3 is 3.04 bits per heavy atom. The highest BCUT2D eigenvalue weighted by Gasteiger charge is 2.11. The summed E-state index contributed by atoms with van der Waals surface area (Å²) in [6, 6.07) is 13.1. The van der Waals surface area contributed by atoms with Crippen molar-refractivity contribution in [1.29, 1.82) is 0 Å². The molecule has 26 heavy (non-hydrogen) atoms. The summed E-state index contributed by atoms with van der Waals surface area (Å²) in [4.78, 5) is 28.9. The molecule has 1 aliphatic rings. The van der Waals surface area contributed by atoms with Gasteiger partial charge >= 0.3 is 0 Å². The van der Waals surface area contributed by atoms with Crippen LogP contribution in [0.4, 0.5) is 0 Å². The normalized spacial score (nSPS) is 13.1. The number of ether oxygens (including phenoxy) is 1. The first-order valence-corrected chi connectivity index (χ1v) is 8.66. The first-order valence-electron chi connectivity index (χ1n) is 8.66. The minimum atomic E-state index is -0.224. The SMILES string of the molecule is O=C(Cn1cnc2ccccc2c1=O)NCc1ccc2c(c1)CCCO2. The molecule has 0 saturated carbocycles. The van der Waals surface area contributed by atoms with Crippen molar-refractivity contribution in [2.24, 2.45) is 0 Å². The van der Waals surface area contributed by atoms with E-state index in [4.69, 9.17) is 4.74 Å². The molecule has 0 saturated heterocycles. The van der Waals surface area contributed by atoms with Gasteiger partial charge in [0, 0.05) is 6.54 Å². The summed E-state index contributed by atoms with van der Waals surface area (Å²) in [5.41, 5.74) is 2.62. The number of nitrogens with one attached hydrogen (secondary N) is 1. The lowest BCUT2D eigenvalue weighted by molar-refractivity contribution is -0.121. The van der Waals surface area contributed by atoms with E-state index in [0.717, 1.165) is 30.8 Å². The van der Waals surface area contributed by atoms with Crippen LogP contribution >= 0.6 is 0 Å². The third kappa shape index (κ3) is 3.31. The Labute approximate surface area is 150 Å². The number of nitrogens with zero attached hydrogens (tertiary/aromatic N) is 2. The molecule has 0 aliphatic carbocycles. The number of amides is 1. The van der Waals surface area contributed by atoms with Gasteiger partial charge in [0.25, 0.3) is 5.56 Å². The number of benzene rings is 2. The number of aromatic nitrogens is 2. The molecular weight excluding hydrogens is 330 g/mol. The number of para-hydroxylation sites is 1. The first kappa shape index (κ1) is 16.3. The van der Waals surface area contributed by atoms with Crippen molar-refractivity contribution in [3.05, 3.63) is 70.3 Å². The highest BCUT2D eigenvalue weighted by Crippen LogP contribution is 2.25. The van der Waals surface area contributed by atoms with Crippen LogP contribution in [-0.2, 0) is 24.3 Å². The van der Waals surface area contributed by atoms with Gasteiger partial charge < -0.3 is 10.1 Å². The number of fused-ring (bicyclic) bond motifs is 2. The maximum Gasteiger partial charge on any atom is 0.261 e. The Balaban J connectivity index is 1.43. The summed E-state index contributed by atoms with van der Waals surface area (Å²) < 4.78 is 6.93. The zero-order chi connectivity index (χ0) is 17.9. The van der Waals surface area contributed by atoms with Crippen LogP contribution in [0.3, 0.4) is 0 Å². The van der Waals surface area contributed by atoms with Gasteiger partial charge in [-0.25, -0.2) is 4.98 Å². The summed E-state index contributed by atoms with van der Waals surface area (Å²) in [5.74, 6) is 0.707. The monoisotopic (exact) mass is 349 g/mol. The molecule has 1 N–H and O–H groups in total. The average molecular weight is 349 g/mol.